The van der Waals surface area contributed by atoms with Gasteiger partial charge in [0.25, 0.3) is 0 Å². The second kappa shape index (κ2) is 11.1. The maximum Gasteiger partial charge on any atom is 0.228 e. The maximum absolute atomic E-state index is 15.0. The number of hydrogen-bond acceptors (Lipinski definition) is 6. The lowest BCUT2D eigenvalue weighted by Crippen LogP contribution is -2.57. The molecule has 0 aliphatic carbocycles. The van der Waals surface area contributed by atoms with Crippen LogP contribution < -0.4 is 4.90 Å². The third-order valence-electron chi connectivity index (χ3n) is 8.11. The number of hydrogen-bond donors (Lipinski definition) is 0. The Kier molecular flexibility index (Phi) is 7.60. The molecule has 9 heteroatoms. The summed E-state index contributed by atoms with van der Waals surface area (Å²) in [6.07, 6.45) is 1.70. The summed E-state index contributed by atoms with van der Waals surface area (Å²) in [5.41, 5.74) is 1.59. The Bertz CT molecular complexity index is 1360. The van der Waals surface area contributed by atoms with Gasteiger partial charge in [0.15, 0.2) is 0 Å². The van der Waals surface area contributed by atoms with Crippen molar-refractivity contribution in [3.63, 3.8) is 0 Å². The van der Waals surface area contributed by atoms with Gasteiger partial charge in [-0.25, -0.2) is 13.8 Å². The van der Waals surface area contributed by atoms with Crippen LogP contribution in [-0.4, -0.2) is 62.3 Å². The van der Waals surface area contributed by atoms with Crippen molar-refractivity contribution >= 4 is 11.6 Å². The van der Waals surface area contributed by atoms with Gasteiger partial charge >= 0.3 is 0 Å². The van der Waals surface area contributed by atoms with Gasteiger partial charge in [0, 0.05) is 52.3 Å². The monoisotopic (exact) mass is 532 g/mol. The second-order valence-electron chi connectivity index (χ2n) is 10.0. The third kappa shape index (κ3) is 4.98. The molecule has 0 bridgehead atoms. The molecule has 2 aliphatic rings. The number of amides is 1. The van der Waals surface area contributed by atoms with Crippen LogP contribution >= 0.6 is 0 Å². The molecule has 39 heavy (non-hydrogen) atoms. The standard InChI is InChI=1S/C30H30F2N4O3/c1-38-28-19-35(13-12-30(28,39-2)20-6-4-3-5-7-20)29(37)26-18-36(23-10-9-22(15-33)34-16-23)17-25(26)24-11-8-21(31)14-27(24)32/h3-11,14,16,25-26,28H,12-13,17-19H2,1-2H3/t25-,26+,28-,30-/m0/s1. The summed E-state index contributed by atoms with van der Waals surface area (Å²) in [4.78, 5) is 22.0. The number of halogens is 2. The van der Waals surface area contributed by atoms with E-state index in [-0.39, 0.29) is 11.6 Å². The molecule has 5 rings (SSSR count). The molecule has 0 unspecified atom stereocenters. The fourth-order valence-corrected chi connectivity index (χ4v) is 6.02. The lowest BCUT2D eigenvalue weighted by atomic mass is 9.80. The van der Waals surface area contributed by atoms with E-state index in [0.29, 0.717) is 38.2 Å². The minimum atomic E-state index is -0.703. The Morgan fingerprint density at radius 3 is 2.51 bits per heavy atom. The number of likely N-dealkylation sites (tertiary alicyclic amines) is 1. The largest absolute Gasteiger partial charge is 0.376 e. The van der Waals surface area contributed by atoms with Gasteiger partial charge in [0.2, 0.25) is 5.91 Å². The van der Waals surface area contributed by atoms with Gasteiger partial charge in [-0.15, -0.1) is 0 Å². The first-order valence-electron chi connectivity index (χ1n) is 12.9. The molecule has 0 N–H and O–H groups in total. The zero-order valence-corrected chi connectivity index (χ0v) is 21.9. The van der Waals surface area contributed by atoms with Crippen LogP contribution in [0.15, 0.2) is 66.9 Å². The molecule has 3 heterocycles. The first kappa shape index (κ1) is 26.7. The van der Waals surface area contributed by atoms with Crippen molar-refractivity contribution in [1.82, 2.24) is 9.88 Å². The van der Waals surface area contributed by atoms with E-state index in [4.69, 9.17) is 14.7 Å². The average Bonchev–Trinajstić information content (AvgIpc) is 3.42. The number of methoxy groups -OCH3 is 2. The molecule has 0 radical (unpaired) electrons. The van der Waals surface area contributed by atoms with Gasteiger partial charge in [-0.2, -0.15) is 5.26 Å². The van der Waals surface area contributed by atoms with Crippen molar-refractivity contribution in [2.45, 2.75) is 24.0 Å². The molecule has 2 aliphatic heterocycles. The van der Waals surface area contributed by atoms with Crippen LogP contribution in [0.25, 0.3) is 0 Å². The SMILES string of the molecule is CO[C@H]1CN(C(=O)[C@@H]2CN(c3ccc(C#N)nc3)C[C@H]2c2ccc(F)cc2F)CC[C@]1(OC)c1ccccc1. The summed E-state index contributed by atoms with van der Waals surface area (Å²) in [6, 6.07) is 18.7. The molecule has 7 nitrogen and oxygen atoms in total. The number of nitriles is 1. The number of piperidine rings is 1. The normalized spacial score (nSPS) is 24.9. The lowest BCUT2D eigenvalue weighted by Gasteiger charge is -2.47. The highest BCUT2D eigenvalue weighted by Gasteiger charge is 2.49. The number of anilines is 1. The minimum Gasteiger partial charge on any atom is -0.376 e. The van der Waals surface area contributed by atoms with Gasteiger partial charge in [-0.3, -0.25) is 4.79 Å². The predicted molar refractivity (Wildman–Crippen MR) is 141 cm³/mol. The molecule has 2 aromatic carbocycles. The lowest BCUT2D eigenvalue weighted by molar-refractivity contribution is -0.170. The molecule has 1 amide bonds. The molecule has 0 saturated carbocycles. The zero-order chi connectivity index (χ0) is 27.6. The molecular weight excluding hydrogens is 502 g/mol. The Hall–Kier alpha value is -3.87. The van der Waals surface area contributed by atoms with Crippen molar-refractivity contribution in [2.24, 2.45) is 5.92 Å². The van der Waals surface area contributed by atoms with Gasteiger partial charge in [0.1, 0.15) is 35.1 Å². The molecule has 2 saturated heterocycles. The van der Waals surface area contributed by atoms with Crippen LogP contribution in [0, 0.1) is 28.9 Å². The van der Waals surface area contributed by atoms with Crippen molar-refractivity contribution in [2.75, 3.05) is 45.3 Å². The summed E-state index contributed by atoms with van der Waals surface area (Å²) >= 11 is 0. The van der Waals surface area contributed by atoms with Crippen LogP contribution in [0.2, 0.25) is 0 Å². The molecule has 4 atom stereocenters. The van der Waals surface area contributed by atoms with Crippen molar-refractivity contribution < 1.29 is 23.0 Å². The fraction of sp³-hybridized carbons (Fsp3) is 0.367. The smallest absolute Gasteiger partial charge is 0.228 e. The molecule has 2 fully saturated rings. The quantitative estimate of drug-likeness (QED) is 0.473. The summed E-state index contributed by atoms with van der Waals surface area (Å²) in [5, 5.41) is 9.10. The van der Waals surface area contributed by atoms with E-state index >= 15 is 0 Å². The Morgan fingerprint density at radius 1 is 1.08 bits per heavy atom. The second-order valence-corrected chi connectivity index (χ2v) is 10.0. The molecule has 202 valence electrons. The number of carbonyl (C=O) groups excluding carboxylic acids is 1. The van der Waals surface area contributed by atoms with Crippen LogP contribution in [0.3, 0.4) is 0 Å². The molecular formula is C30H30F2N4O3. The van der Waals surface area contributed by atoms with E-state index in [1.54, 1.807) is 37.4 Å². The molecule has 3 aromatic rings. The van der Waals surface area contributed by atoms with Crippen molar-refractivity contribution in [1.29, 1.82) is 5.26 Å². The highest BCUT2D eigenvalue weighted by molar-refractivity contribution is 5.82. The van der Waals surface area contributed by atoms with Crippen molar-refractivity contribution in [3.05, 3.63) is 95.3 Å². The number of rotatable bonds is 6. The first-order chi connectivity index (χ1) is 18.9. The predicted octanol–water partition coefficient (Wildman–Crippen LogP) is 4.24. The minimum absolute atomic E-state index is 0.118. The molecule has 1 aromatic heterocycles. The first-order valence-corrected chi connectivity index (χ1v) is 12.9. The summed E-state index contributed by atoms with van der Waals surface area (Å²) in [5.74, 6) is -2.54. The number of pyridine rings is 1. The number of ether oxygens (including phenoxy) is 2. The van der Waals surface area contributed by atoms with Crippen LogP contribution in [-0.2, 0) is 19.9 Å². The van der Waals surface area contributed by atoms with Crippen LogP contribution in [0.4, 0.5) is 14.5 Å². The van der Waals surface area contributed by atoms with E-state index in [9.17, 15) is 13.6 Å². The third-order valence-corrected chi connectivity index (χ3v) is 8.11. The number of benzene rings is 2. The number of aromatic nitrogens is 1. The Balaban J connectivity index is 1.43. The Morgan fingerprint density at radius 2 is 1.87 bits per heavy atom. The van der Waals surface area contributed by atoms with E-state index in [1.807, 2.05) is 41.3 Å². The van der Waals surface area contributed by atoms with Gasteiger partial charge in [0.05, 0.1) is 24.3 Å². The highest BCUT2D eigenvalue weighted by Crippen LogP contribution is 2.41. The van der Waals surface area contributed by atoms with Gasteiger partial charge < -0.3 is 19.3 Å². The van der Waals surface area contributed by atoms with Crippen LogP contribution in [0.1, 0.15) is 29.2 Å². The van der Waals surface area contributed by atoms with Crippen molar-refractivity contribution in [3.8, 4) is 6.07 Å². The van der Waals surface area contributed by atoms with E-state index in [2.05, 4.69) is 4.98 Å². The van der Waals surface area contributed by atoms with E-state index in [1.165, 1.54) is 12.1 Å². The summed E-state index contributed by atoms with van der Waals surface area (Å²) in [6.45, 7) is 1.43. The van der Waals surface area contributed by atoms with Gasteiger partial charge in [-0.05, 0) is 29.3 Å². The summed E-state index contributed by atoms with van der Waals surface area (Å²) in [7, 11) is 3.27. The van der Waals surface area contributed by atoms with E-state index < -0.39 is 35.2 Å². The summed E-state index contributed by atoms with van der Waals surface area (Å²) < 4.78 is 40.7. The highest BCUT2D eigenvalue weighted by atomic mass is 19.1. The topological polar surface area (TPSA) is 78.7 Å². The van der Waals surface area contributed by atoms with Crippen LogP contribution in [0.5, 0.6) is 0 Å². The zero-order valence-electron chi connectivity index (χ0n) is 21.9. The average molecular weight is 533 g/mol. The maximum atomic E-state index is 15.0. The van der Waals surface area contributed by atoms with E-state index in [0.717, 1.165) is 17.3 Å². The number of nitrogens with zero attached hydrogens (tertiary/aromatic N) is 4. The fourth-order valence-electron chi connectivity index (χ4n) is 6.02. The number of carbonyl (C=O) groups is 1. The molecule has 0 spiro atoms. The van der Waals surface area contributed by atoms with Gasteiger partial charge in [-0.1, -0.05) is 36.4 Å². The Labute approximate surface area is 226 Å².